The Balaban J connectivity index is 3.21. The molecule has 0 aromatic heterocycles. The minimum Gasteiger partial charge on any atom is -0.478 e. The average Bonchev–Trinajstić information content (AvgIpc) is 1.97. The fraction of sp³-hybridized carbons (Fsp3) is 0.286. The molecule has 0 saturated carbocycles. The summed E-state index contributed by atoms with van der Waals surface area (Å²) < 4.78 is 0. The van der Waals surface area contributed by atoms with Crippen LogP contribution in [0.15, 0.2) is 16.1 Å². The predicted octanol–water partition coefficient (Wildman–Crippen LogP) is 0.607. The maximum absolute atomic E-state index is 11.0. The largest absolute Gasteiger partial charge is 0.478 e. The summed E-state index contributed by atoms with van der Waals surface area (Å²) in [5.41, 5.74) is -0.0181. The highest BCUT2D eigenvalue weighted by molar-refractivity contribution is 6.73. The SMILES string of the molecule is CC1=C(C(=O)O)C(Cl)=NCC1=O. The van der Waals surface area contributed by atoms with Crippen LogP contribution in [0.1, 0.15) is 6.92 Å². The molecule has 1 aliphatic heterocycles. The summed E-state index contributed by atoms with van der Waals surface area (Å²) in [5, 5.41) is 8.52. The van der Waals surface area contributed by atoms with E-state index in [2.05, 4.69) is 4.99 Å². The lowest BCUT2D eigenvalue weighted by Crippen LogP contribution is -2.21. The Labute approximate surface area is 73.5 Å². The molecule has 1 aliphatic rings. The van der Waals surface area contributed by atoms with Crippen molar-refractivity contribution < 1.29 is 14.7 Å². The number of rotatable bonds is 1. The van der Waals surface area contributed by atoms with Crippen molar-refractivity contribution in [2.75, 3.05) is 6.54 Å². The van der Waals surface area contributed by atoms with Crippen LogP contribution in [0.2, 0.25) is 0 Å². The Morgan fingerprint density at radius 1 is 1.67 bits per heavy atom. The monoisotopic (exact) mass is 187 g/mol. The Morgan fingerprint density at radius 2 is 2.25 bits per heavy atom. The summed E-state index contributed by atoms with van der Waals surface area (Å²) in [7, 11) is 0. The number of hydrogen-bond donors (Lipinski definition) is 1. The van der Waals surface area contributed by atoms with Gasteiger partial charge in [-0.15, -0.1) is 0 Å². The molecule has 5 heteroatoms. The number of carboxylic acid groups (broad SMARTS) is 1. The van der Waals surface area contributed by atoms with Gasteiger partial charge in [-0.3, -0.25) is 9.79 Å². The summed E-state index contributed by atoms with van der Waals surface area (Å²) in [5.74, 6) is -1.51. The quantitative estimate of drug-likeness (QED) is 0.654. The van der Waals surface area contributed by atoms with Gasteiger partial charge >= 0.3 is 5.97 Å². The molecule has 0 aliphatic carbocycles. The first-order valence-corrected chi connectivity index (χ1v) is 3.59. The number of carboxylic acids is 1. The molecule has 0 radical (unpaired) electrons. The number of hydrogen-bond acceptors (Lipinski definition) is 3. The van der Waals surface area contributed by atoms with E-state index in [1.165, 1.54) is 6.92 Å². The lowest BCUT2D eigenvalue weighted by molar-refractivity contribution is -0.132. The third-order valence-electron chi connectivity index (χ3n) is 1.57. The molecular weight excluding hydrogens is 182 g/mol. The molecule has 0 spiro atoms. The Kier molecular flexibility index (Phi) is 2.28. The summed E-state index contributed by atoms with van der Waals surface area (Å²) in [4.78, 5) is 25.1. The van der Waals surface area contributed by atoms with Crippen LogP contribution in [0.5, 0.6) is 0 Å². The van der Waals surface area contributed by atoms with Gasteiger partial charge in [0.1, 0.15) is 17.3 Å². The van der Waals surface area contributed by atoms with Crippen molar-refractivity contribution in [3.63, 3.8) is 0 Å². The van der Waals surface area contributed by atoms with Gasteiger partial charge in [0.25, 0.3) is 0 Å². The Hall–Kier alpha value is -1.16. The number of aliphatic imine (C=N–C) groups is 1. The summed E-state index contributed by atoms with van der Waals surface area (Å²) in [6.45, 7) is 1.38. The van der Waals surface area contributed by atoms with Gasteiger partial charge in [0, 0.05) is 5.57 Å². The van der Waals surface area contributed by atoms with E-state index in [0.29, 0.717) is 0 Å². The molecule has 0 aromatic rings. The molecule has 4 nitrogen and oxygen atoms in total. The van der Waals surface area contributed by atoms with E-state index in [9.17, 15) is 9.59 Å². The number of nitrogens with zero attached hydrogens (tertiary/aromatic N) is 1. The smallest absolute Gasteiger partial charge is 0.339 e. The molecule has 1 heterocycles. The number of aliphatic carboxylic acids is 1. The highest BCUT2D eigenvalue weighted by atomic mass is 35.5. The van der Waals surface area contributed by atoms with Crippen LogP contribution >= 0.6 is 11.6 Å². The van der Waals surface area contributed by atoms with Crippen LogP contribution in [-0.4, -0.2) is 28.6 Å². The van der Waals surface area contributed by atoms with Crippen LogP contribution in [-0.2, 0) is 9.59 Å². The van der Waals surface area contributed by atoms with E-state index in [4.69, 9.17) is 16.7 Å². The fourth-order valence-corrected chi connectivity index (χ4v) is 1.16. The predicted molar refractivity (Wildman–Crippen MR) is 43.5 cm³/mol. The van der Waals surface area contributed by atoms with Crippen molar-refractivity contribution in [1.82, 2.24) is 0 Å². The van der Waals surface area contributed by atoms with E-state index in [1.807, 2.05) is 0 Å². The number of halogens is 1. The van der Waals surface area contributed by atoms with Crippen LogP contribution < -0.4 is 0 Å². The summed E-state index contributed by atoms with van der Waals surface area (Å²) in [6.07, 6.45) is 0. The van der Waals surface area contributed by atoms with Crippen molar-refractivity contribution in [3.05, 3.63) is 11.1 Å². The lowest BCUT2D eigenvalue weighted by atomic mass is 10.0. The van der Waals surface area contributed by atoms with Gasteiger partial charge in [0.2, 0.25) is 0 Å². The van der Waals surface area contributed by atoms with E-state index >= 15 is 0 Å². The Morgan fingerprint density at radius 3 is 2.67 bits per heavy atom. The van der Waals surface area contributed by atoms with Gasteiger partial charge in [-0.2, -0.15) is 0 Å². The average molecular weight is 188 g/mol. The second-order valence-corrected chi connectivity index (χ2v) is 2.69. The molecule has 0 bridgehead atoms. The highest BCUT2D eigenvalue weighted by Gasteiger charge is 2.24. The summed E-state index contributed by atoms with van der Waals surface area (Å²) in [6, 6.07) is 0. The van der Waals surface area contributed by atoms with Crippen molar-refractivity contribution in [1.29, 1.82) is 0 Å². The van der Waals surface area contributed by atoms with Gasteiger partial charge in [-0.05, 0) is 6.92 Å². The van der Waals surface area contributed by atoms with Crippen LogP contribution in [0.4, 0.5) is 0 Å². The van der Waals surface area contributed by atoms with E-state index < -0.39 is 5.97 Å². The molecule has 1 rings (SSSR count). The van der Waals surface area contributed by atoms with Crippen molar-refractivity contribution in [2.45, 2.75) is 6.92 Å². The molecule has 64 valence electrons. The normalized spacial score (nSPS) is 17.8. The van der Waals surface area contributed by atoms with Crippen molar-refractivity contribution in [2.24, 2.45) is 4.99 Å². The molecule has 0 unspecified atom stereocenters. The maximum Gasteiger partial charge on any atom is 0.339 e. The van der Waals surface area contributed by atoms with E-state index in [0.717, 1.165) is 0 Å². The molecular formula is C7H6ClNO3. The number of carbonyl (C=O) groups is 2. The van der Waals surface area contributed by atoms with E-state index in [-0.39, 0.29) is 28.6 Å². The molecule has 0 fully saturated rings. The number of Topliss-reactive ketones (excluding diaryl/α,β-unsaturated/α-hetero) is 1. The van der Waals surface area contributed by atoms with Gasteiger partial charge in [0.05, 0.1) is 0 Å². The minimum absolute atomic E-state index is 0.0541. The van der Waals surface area contributed by atoms with Gasteiger partial charge < -0.3 is 5.11 Å². The highest BCUT2D eigenvalue weighted by Crippen LogP contribution is 2.15. The lowest BCUT2D eigenvalue weighted by Gasteiger charge is -2.09. The molecule has 0 saturated heterocycles. The fourth-order valence-electron chi connectivity index (χ4n) is 0.882. The zero-order valence-corrected chi connectivity index (χ0v) is 7.05. The maximum atomic E-state index is 11.0. The molecule has 0 amide bonds. The first-order chi connectivity index (χ1) is 5.54. The van der Waals surface area contributed by atoms with Crippen molar-refractivity contribution in [3.8, 4) is 0 Å². The van der Waals surface area contributed by atoms with Gasteiger partial charge in [-0.25, -0.2) is 4.79 Å². The first kappa shape index (κ1) is 8.93. The number of ketones is 1. The van der Waals surface area contributed by atoms with Crippen LogP contribution in [0.25, 0.3) is 0 Å². The van der Waals surface area contributed by atoms with Crippen LogP contribution in [0.3, 0.4) is 0 Å². The minimum atomic E-state index is -1.21. The standard InChI is InChI=1S/C7H6ClNO3/c1-3-4(10)2-9-6(8)5(3)7(11)12/h2H2,1H3,(H,11,12). The number of carbonyl (C=O) groups excluding carboxylic acids is 1. The molecule has 0 atom stereocenters. The molecule has 12 heavy (non-hydrogen) atoms. The van der Waals surface area contributed by atoms with Gasteiger partial charge in [0.15, 0.2) is 5.78 Å². The second-order valence-electron chi connectivity index (χ2n) is 2.34. The number of dihydropyridines is 1. The Bertz CT molecular complexity index is 317. The second kappa shape index (κ2) is 3.06. The zero-order valence-electron chi connectivity index (χ0n) is 6.30. The topological polar surface area (TPSA) is 66.7 Å². The molecule has 0 aromatic carbocycles. The zero-order chi connectivity index (χ0) is 9.30. The first-order valence-electron chi connectivity index (χ1n) is 3.21. The van der Waals surface area contributed by atoms with E-state index in [1.54, 1.807) is 0 Å². The van der Waals surface area contributed by atoms with Crippen LogP contribution in [0, 0.1) is 0 Å². The van der Waals surface area contributed by atoms with Crippen molar-refractivity contribution >= 4 is 28.5 Å². The third kappa shape index (κ3) is 1.38. The summed E-state index contributed by atoms with van der Waals surface area (Å²) >= 11 is 5.50. The third-order valence-corrected chi connectivity index (χ3v) is 1.88. The molecule has 1 N–H and O–H groups in total. The van der Waals surface area contributed by atoms with Gasteiger partial charge in [-0.1, -0.05) is 11.6 Å².